The summed E-state index contributed by atoms with van der Waals surface area (Å²) in [5.41, 5.74) is 1.80. The van der Waals surface area contributed by atoms with Crippen molar-refractivity contribution in [2.75, 3.05) is 13.2 Å². The van der Waals surface area contributed by atoms with E-state index in [9.17, 15) is 65.4 Å². The van der Waals surface area contributed by atoms with Crippen molar-refractivity contribution >= 4 is 23.1 Å². The van der Waals surface area contributed by atoms with E-state index in [0.29, 0.717) is 38.7 Å². The Morgan fingerprint density at radius 3 is 1.09 bits per heavy atom. The largest absolute Gasteiger partial charge is 0.394 e. The van der Waals surface area contributed by atoms with Crippen molar-refractivity contribution in [3.05, 3.63) is 6.61 Å². The molecule has 14 N–H and O–H groups in total. The maximum absolute atomic E-state index is 15.3. The average Bonchev–Trinajstić information content (AvgIpc) is 0.822. The number of aliphatic hydroxyl groups excluding tert-OH is 8. The maximum atomic E-state index is 15.3. The SMILES string of the molecule is CCCCCCCCCCCC(O)CC(=O)[C@]1(N)[CH]O[C@H](CO)[C@@H](O)[C@@]1(O)C(=O)CC(O)CC(CCCCCCCCC)[C@@H]1O[C@H](CO)[C@@H](O)[C@@](O)(C(=O)CC(O)CCCCCCCCCCC)[C@]1(N)C(=O)CC(O)CCCCCCCCCCC. The molecule has 18 heteroatoms. The molecule has 0 spiro atoms. The number of Topliss-reactive ketones (excluding diaryl/α,β-unsaturated/α-hetero) is 4. The van der Waals surface area contributed by atoms with Crippen LogP contribution in [0.1, 0.15) is 304 Å². The van der Waals surface area contributed by atoms with E-state index in [1.165, 1.54) is 38.5 Å². The molecule has 86 heavy (non-hydrogen) atoms. The molecule has 2 rings (SSSR count). The van der Waals surface area contributed by atoms with E-state index in [4.69, 9.17) is 20.9 Å². The van der Waals surface area contributed by atoms with Crippen molar-refractivity contribution in [2.24, 2.45) is 17.4 Å². The van der Waals surface area contributed by atoms with E-state index < -0.39 is 152 Å². The molecule has 0 aromatic rings. The number of rotatable bonds is 55. The number of nitrogens with two attached hydrogens (primary N) is 2. The minimum Gasteiger partial charge on any atom is -0.394 e. The lowest BCUT2D eigenvalue weighted by molar-refractivity contribution is -0.262. The van der Waals surface area contributed by atoms with Gasteiger partial charge in [0.15, 0.2) is 34.3 Å². The minimum absolute atomic E-state index is 0.0773. The van der Waals surface area contributed by atoms with E-state index in [1.54, 1.807) is 0 Å². The molecule has 2 saturated heterocycles. The minimum atomic E-state index is -3.23. The van der Waals surface area contributed by atoms with Gasteiger partial charge >= 0.3 is 0 Å². The van der Waals surface area contributed by atoms with Gasteiger partial charge in [0, 0.05) is 25.7 Å². The van der Waals surface area contributed by atoms with Crippen LogP contribution >= 0.6 is 0 Å². The van der Waals surface area contributed by atoms with Crippen molar-refractivity contribution in [1.82, 2.24) is 0 Å². The highest BCUT2D eigenvalue weighted by Crippen LogP contribution is 2.46. The summed E-state index contributed by atoms with van der Waals surface area (Å²) in [6.45, 7) is 7.39. The van der Waals surface area contributed by atoms with Crippen LogP contribution in [0.4, 0.5) is 0 Å². The van der Waals surface area contributed by atoms with Gasteiger partial charge in [0.05, 0.1) is 43.7 Å². The number of ether oxygens (including phenoxy) is 2. The molecule has 0 saturated carbocycles. The van der Waals surface area contributed by atoms with E-state index in [0.717, 1.165) is 148 Å². The molecule has 2 aliphatic rings. The molecule has 18 nitrogen and oxygen atoms in total. The predicted molar refractivity (Wildman–Crippen MR) is 337 cm³/mol. The zero-order valence-corrected chi connectivity index (χ0v) is 54.2. The number of carbonyl (C=O) groups excluding carboxylic acids is 4. The molecule has 1 radical (unpaired) electrons. The molecule has 2 fully saturated rings. The Hall–Kier alpha value is -1.88. The molecule has 0 aromatic carbocycles. The first-order chi connectivity index (χ1) is 41.1. The van der Waals surface area contributed by atoms with Gasteiger partial charge in [-0.2, -0.15) is 0 Å². The third-order valence-corrected chi connectivity index (χ3v) is 18.9. The zero-order valence-electron chi connectivity index (χ0n) is 54.2. The van der Waals surface area contributed by atoms with Crippen molar-refractivity contribution in [3.63, 3.8) is 0 Å². The van der Waals surface area contributed by atoms with Gasteiger partial charge in [0.25, 0.3) is 0 Å². The molecule has 0 aromatic heterocycles. The predicted octanol–water partition coefficient (Wildman–Crippen LogP) is 9.07. The number of hydrogen-bond acceptors (Lipinski definition) is 18. The second-order valence-corrected chi connectivity index (χ2v) is 26.3. The van der Waals surface area contributed by atoms with E-state index in [-0.39, 0.29) is 25.7 Å². The quantitative estimate of drug-likeness (QED) is 0.0253. The highest BCUT2D eigenvalue weighted by molar-refractivity contribution is 6.03. The van der Waals surface area contributed by atoms with Crippen molar-refractivity contribution in [3.8, 4) is 0 Å². The van der Waals surface area contributed by atoms with Crippen LogP contribution in [0.25, 0.3) is 0 Å². The molecular formula is C68H127N2O16. The summed E-state index contributed by atoms with van der Waals surface area (Å²) in [5, 5.41) is 116. The third kappa shape index (κ3) is 25.3. The van der Waals surface area contributed by atoms with E-state index in [1.807, 2.05) is 0 Å². The Bertz CT molecular complexity index is 1810. The van der Waals surface area contributed by atoms with Crippen LogP contribution < -0.4 is 11.5 Å². The molecule has 0 bridgehead atoms. The van der Waals surface area contributed by atoms with Crippen LogP contribution in [0.15, 0.2) is 0 Å². The van der Waals surface area contributed by atoms with Gasteiger partial charge in [-0.15, -0.1) is 0 Å². The molecule has 0 aliphatic carbocycles. The highest BCUT2D eigenvalue weighted by Gasteiger charge is 2.71. The fourth-order valence-electron chi connectivity index (χ4n) is 13.3. The number of carbonyl (C=O) groups is 4. The van der Waals surface area contributed by atoms with Gasteiger partial charge in [-0.3, -0.25) is 19.2 Å². The summed E-state index contributed by atoms with van der Waals surface area (Å²) in [6.07, 6.45) is 14.8. The molecule has 2 aliphatic heterocycles. The fraction of sp³-hybridized carbons (Fsp3) is 0.926. The number of hydrogen-bond donors (Lipinski definition) is 12. The van der Waals surface area contributed by atoms with Gasteiger partial charge in [0.1, 0.15) is 42.1 Å². The number of ketones is 4. The summed E-state index contributed by atoms with van der Waals surface area (Å²) in [4.78, 5) is 59.1. The van der Waals surface area contributed by atoms with Crippen molar-refractivity contribution in [2.45, 2.75) is 381 Å². The lowest BCUT2D eigenvalue weighted by Gasteiger charge is -2.57. The number of aliphatic hydroxyl groups is 10. The topological polar surface area (TPSA) is 341 Å². The van der Waals surface area contributed by atoms with Crippen LogP contribution in [-0.2, 0) is 28.7 Å². The summed E-state index contributed by atoms with van der Waals surface area (Å²) in [7, 11) is 0. The lowest BCUT2D eigenvalue weighted by atomic mass is 9.60. The second-order valence-electron chi connectivity index (χ2n) is 26.3. The molecule has 14 atom stereocenters. The van der Waals surface area contributed by atoms with Crippen LogP contribution in [-0.4, -0.2) is 165 Å². The lowest BCUT2D eigenvalue weighted by Crippen LogP contribution is -2.84. The van der Waals surface area contributed by atoms with Crippen LogP contribution in [0.5, 0.6) is 0 Å². The third-order valence-electron chi connectivity index (χ3n) is 18.9. The maximum Gasteiger partial charge on any atom is 0.179 e. The van der Waals surface area contributed by atoms with E-state index >= 15 is 4.79 Å². The summed E-state index contributed by atoms with van der Waals surface area (Å²) in [5.74, 6) is -5.77. The number of unbranched alkanes of at least 4 members (excludes halogenated alkanes) is 30. The van der Waals surface area contributed by atoms with Crippen LogP contribution in [0.3, 0.4) is 0 Å². The summed E-state index contributed by atoms with van der Waals surface area (Å²) < 4.78 is 11.9. The molecular weight excluding hydrogens is 1100 g/mol. The summed E-state index contributed by atoms with van der Waals surface area (Å²) >= 11 is 0. The Morgan fingerprint density at radius 1 is 0.419 bits per heavy atom. The van der Waals surface area contributed by atoms with Gasteiger partial charge in [-0.25, -0.2) is 0 Å². The molecule has 5 unspecified atom stereocenters. The monoisotopic (exact) mass is 1230 g/mol. The van der Waals surface area contributed by atoms with Gasteiger partial charge in [0.2, 0.25) is 0 Å². The van der Waals surface area contributed by atoms with Crippen LogP contribution in [0.2, 0.25) is 0 Å². The fourth-order valence-corrected chi connectivity index (χ4v) is 13.3. The average molecular weight is 1230 g/mol. The Labute approximate surface area is 519 Å². The molecule has 505 valence electrons. The molecule has 0 amide bonds. The Morgan fingerprint density at radius 2 is 0.721 bits per heavy atom. The Kier molecular flexibility index (Phi) is 41.6. The zero-order chi connectivity index (χ0) is 64.0. The van der Waals surface area contributed by atoms with Crippen molar-refractivity contribution in [1.29, 1.82) is 0 Å². The smallest absolute Gasteiger partial charge is 0.179 e. The standard InChI is InChI=1S/C68H127N2O16/c1-5-9-13-17-21-24-28-32-36-40-52(73)44-58(77)65(69)50-85-56(48-71)62(81)67(65,83)60(79)47-55(76)43-51(39-35-31-27-20-16-12-8-4)64-66(70,59(78)45-53(74)41-37-33-29-25-22-18-14-10-6-2)68(84,63(82)57(49-72)86-64)61(80)46-54(75)42-38-34-30-26-23-19-15-11-7-3/h50-57,62-64,71-76,81-84H,5-49,69-70H2,1-4H3/t51?,52?,53?,54?,55?,56-,57-,62-,63-,64+,65-,66+,67+,68+/m1/s1. The normalized spacial score (nSPS) is 27.0. The second kappa shape index (κ2) is 44.6. The summed E-state index contributed by atoms with van der Waals surface area (Å²) in [6, 6.07) is 0. The van der Waals surface area contributed by atoms with E-state index in [2.05, 4.69) is 27.7 Å². The first-order valence-corrected chi connectivity index (χ1v) is 34.8. The highest BCUT2D eigenvalue weighted by atomic mass is 16.5. The van der Waals surface area contributed by atoms with Crippen molar-refractivity contribution < 1.29 is 79.7 Å². The Balaban J connectivity index is 2.60. The molecule has 2 heterocycles. The van der Waals surface area contributed by atoms with Crippen LogP contribution in [0, 0.1) is 12.5 Å². The first-order valence-electron chi connectivity index (χ1n) is 34.8. The first kappa shape index (κ1) is 80.2. The van der Waals surface area contributed by atoms with Gasteiger partial charge in [-0.05, 0) is 38.0 Å². The van der Waals surface area contributed by atoms with Gasteiger partial charge in [-0.1, -0.05) is 246 Å². The van der Waals surface area contributed by atoms with Gasteiger partial charge < -0.3 is 72.0 Å².